The van der Waals surface area contributed by atoms with Crippen molar-refractivity contribution in [3.05, 3.63) is 53.9 Å². The molecule has 86 valence electrons. The van der Waals surface area contributed by atoms with Gasteiger partial charge < -0.3 is 15.4 Å². The number of carbonyl (C=O) groups excluding carboxylic acids is 1. The van der Waals surface area contributed by atoms with Crippen molar-refractivity contribution in [1.29, 1.82) is 0 Å². The fourth-order valence-electron chi connectivity index (χ4n) is 1.40. The molecule has 0 aliphatic carbocycles. The molecule has 0 bridgehead atoms. The lowest BCUT2D eigenvalue weighted by molar-refractivity contribution is 0.0696. The molecule has 1 aromatic heterocycles. The van der Waals surface area contributed by atoms with Gasteiger partial charge in [0, 0.05) is 11.9 Å². The molecule has 0 radical (unpaired) electrons. The quantitative estimate of drug-likeness (QED) is 0.753. The number of anilines is 1. The van der Waals surface area contributed by atoms with Crippen LogP contribution in [0.3, 0.4) is 0 Å². The standard InChI is InChI=1S/C12H10N2O3/c15-11(10-5-2-6-13-10)14-9-4-1-3-8(7-9)12(16)17/h1-7,13H,(H,14,15)(H,16,17). The zero-order valence-electron chi connectivity index (χ0n) is 8.81. The van der Waals surface area contributed by atoms with Gasteiger partial charge in [-0.1, -0.05) is 6.07 Å². The van der Waals surface area contributed by atoms with Crippen LogP contribution in [0.15, 0.2) is 42.6 Å². The first-order valence-electron chi connectivity index (χ1n) is 4.95. The largest absolute Gasteiger partial charge is 0.478 e. The maximum absolute atomic E-state index is 11.7. The molecule has 5 nitrogen and oxygen atoms in total. The molecule has 5 heteroatoms. The zero-order valence-corrected chi connectivity index (χ0v) is 8.81. The highest BCUT2D eigenvalue weighted by atomic mass is 16.4. The van der Waals surface area contributed by atoms with E-state index in [1.54, 1.807) is 30.5 Å². The highest BCUT2D eigenvalue weighted by Gasteiger charge is 2.08. The number of carboxylic acid groups (broad SMARTS) is 1. The molecule has 0 spiro atoms. The molecule has 2 aromatic rings. The van der Waals surface area contributed by atoms with Crippen LogP contribution in [-0.2, 0) is 0 Å². The first-order valence-corrected chi connectivity index (χ1v) is 4.95. The molecule has 0 aliphatic heterocycles. The van der Waals surface area contributed by atoms with Crippen LogP contribution < -0.4 is 5.32 Å². The summed E-state index contributed by atoms with van der Waals surface area (Å²) in [5.74, 6) is -1.33. The fraction of sp³-hybridized carbons (Fsp3) is 0. The molecule has 0 atom stereocenters. The van der Waals surface area contributed by atoms with Gasteiger partial charge in [-0.15, -0.1) is 0 Å². The summed E-state index contributed by atoms with van der Waals surface area (Å²) in [6.07, 6.45) is 1.64. The summed E-state index contributed by atoms with van der Waals surface area (Å²) in [6, 6.07) is 9.43. The highest BCUT2D eigenvalue weighted by molar-refractivity contribution is 6.03. The van der Waals surface area contributed by atoms with Gasteiger partial charge in [-0.3, -0.25) is 4.79 Å². The average molecular weight is 230 g/mol. The van der Waals surface area contributed by atoms with Crippen LogP contribution in [0.4, 0.5) is 5.69 Å². The highest BCUT2D eigenvalue weighted by Crippen LogP contribution is 2.11. The Morgan fingerprint density at radius 1 is 1.18 bits per heavy atom. The van der Waals surface area contributed by atoms with Gasteiger partial charge in [0.2, 0.25) is 0 Å². The monoisotopic (exact) mass is 230 g/mol. The minimum atomic E-state index is -1.03. The average Bonchev–Trinajstić information content (AvgIpc) is 2.82. The second-order valence-electron chi connectivity index (χ2n) is 3.42. The Morgan fingerprint density at radius 2 is 2.00 bits per heavy atom. The van der Waals surface area contributed by atoms with Crippen LogP contribution in [0.2, 0.25) is 0 Å². The molecular weight excluding hydrogens is 220 g/mol. The Balaban J connectivity index is 2.16. The number of carboxylic acids is 1. The van der Waals surface area contributed by atoms with Gasteiger partial charge in [-0.05, 0) is 30.3 Å². The molecule has 0 saturated heterocycles. The number of hydrogen-bond donors (Lipinski definition) is 3. The minimum Gasteiger partial charge on any atom is -0.478 e. The van der Waals surface area contributed by atoms with E-state index >= 15 is 0 Å². The van der Waals surface area contributed by atoms with E-state index in [1.807, 2.05) is 0 Å². The molecule has 1 amide bonds. The second kappa shape index (κ2) is 4.52. The zero-order chi connectivity index (χ0) is 12.3. The van der Waals surface area contributed by atoms with Gasteiger partial charge in [0.15, 0.2) is 0 Å². The summed E-state index contributed by atoms with van der Waals surface area (Å²) in [4.78, 5) is 25.2. The van der Waals surface area contributed by atoms with Crippen LogP contribution in [-0.4, -0.2) is 22.0 Å². The number of carbonyl (C=O) groups is 2. The van der Waals surface area contributed by atoms with Crippen LogP contribution in [0, 0.1) is 0 Å². The molecular formula is C12H10N2O3. The number of nitrogens with one attached hydrogen (secondary N) is 2. The Kier molecular flexibility index (Phi) is 2.91. The van der Waals surface area contributed by atoms with Crippen molar-refractivity contribution < 1.29 is 14.7 Å². The van der Waals surface area contributed by atoms with Gasteiger partial charge in [0.1, 0.15) is 5.69 Å². The smallest absolute Gasteiger partial charge is 0.335 e. The summed E-state index contributed by atoms with van der Waals surface area (Å²) in [7, 11) is 0. The summed E-state index contributed by atoms with van der Waals surface area (Å²) in [5, 5.41) is 11.4. The van der Waals surface area contributed by atoms with Gasteiger partial charge in [-0.25, -0.2) is 4.79 Å². The predicted octanol–water partition coefficient (Wildman–Crippen LogP) is 1.97. The number of aromatic carboxylic acids is 1. The van der Waals surface area contributed by atoms with Crippen LogP contribution in [0.25, 0.3) is 0 Å². The maximum Gasteiger partial charge on any atom is 0.335 e. The Hall–Kier alpha value is -2.56. The van der Waals surface area contributed by atoms with E-state index in [0.717, 1.165) is 0 Å². The van der Waals surface area contributed by atoms with Gasteiger partial charge in [0.05, 0.1) is 5.56 Å². The first kappa shape index (κ1) is 10.9. The molecule has 17 heavy (non-hydrogen) atoms. The van der Waals surface area contributed by atoms with Crippen molar-refractivity contribution >= 4 is 17.6 Å². The van der Waals surface area contributed by atoms with Crippen molar-refractivity contribution in [2.24, 2.45) is 0 Å². The van der Waals surface area contributed by atoms with E-state index in [1.165, 1.54) is 12.1 Å². The van der Waals surface area contributed by atoms with E-state index in [4.69, 9.17) is 5.11 Å². The Labute approximate surface area is 97.1 Å². The number of aromatic amines is 1. The Morgan fingerprint density at radius 3 is 2.65 bits per heavy atom. The number of amides is 1. The first-order chi connectivity index (χ1) is 8.16. The predicted molar refractivity (Wildman–Crippen MR) is 62.1 cm³/mol. The van der Waals surface area contributed by atoms with Crippen molar-refractivity contribution in [3.63, 3.8) is 0 Å². The van der Waals surface area contributed by atoms with Gasteiger partial charge in [0.25, 0.3) is 5.91 Å². The molecule has 2 rings (SSSR count). The molecule has 3 N–H and O–H groups in total. The van der Waals surface area contributed by atoms with Crippen molar-refractivity contribution in [3.8, 4) is 0 Å². The number of rotatable bonds is 3. The summed E-state index contributed by atoms with van der Waals surface area (Å²) >= 11 is 0. The van der Waals surface area contributed by atoms with Gasteiger partial charge >= 0.3 is 5.97 Å². The van der Waals surface area contributed by atoms with Crippen LogP contribution in [0.5, 0.6) is 0 Å². The molecule has 0 aliphatic rings. The van der Waals surface area contributed by atoms with Gasteiger partial charge in [-0.2, -0.15) is 0 Å². The van der Waals surface area contributed by atoms with E-state index in [2.05, 4.69) is 10.3 Å². The second-order valence-corrected chi connectivity index (χ2v) is 3.42. The number of benzene rings is 1. The van der Waals surface area contributed by atoms with E-state index in [9.17, 15) is 9.59 Å². The third kappa shape index (κ3) is 2.52. The lowest BCUT2D eigenvalue weighted by Gasteiger charge is -2.04. The fourth-order valence-corrected chi connectivity index (χ4v) is 1.40. The lowest BCUT2D eigenvalue weighted by Crippen LogP contribution is -2.12. The minimum absolute atomic E-state index is 0.134. The summed E-state index contributed by atoms with van der Waals surface area (Å²) < 4.78 is 0. The van der Waals surface area contributed by atoms with Crippen molar-refractivity contribution in [1.82, 2.24) is 4.98 Å². The summed E-state index contributed by atoms with van der Waals surface area (Å²) in [6.45, 7) is 0. The maximum atomic E-state index is 11.7. The SMILES string of the molecule is O=C(O)c1cccc(NC(=O)c2ccc[nH]2)c1. The van der Waals surface area contributed by atoms with E-state index in [-0.39, 0.29) is 11.5 Å². The van der Waals surface area contributed by atoms with E-state index in [0.29, 0.717) is 11.4 Å². The van der Waals surface area contributed by atoms with Crippen molar-refractivity contribution in [2.75, 3.05) is 5.32 Å². The third-order valence-corrected chi connectivity index (χ3v) is 2.21. The molecule has 1 aromatic carbocycles. The molecule has 0 fully saturated rings. The van der Waals surface area contributed by atoms with Crippen LogP contribution >= 0.6 is 0 Å². The molecule has 0 unspecified atom stereocenters. The van der Waals surface area contributed by atoms with Crippen molar-refractivity contribution in [2.45, 2.75) is 0 Å². The third-order valence-electron chi connectivity index (χ3n) is 2.21. The number of H-pyrrole nitrogens is 1. The topological polar surface area (TPSA) is 82.2 Å². The Bertz CT molecular complexity index is 547. The summed E-state index contributed by atoms with van der Waals surface area (Å²) in [5.41, 5.74) is 1.00. The normalized spacial score (nSPS) is 9.88. The molecule has 1 heterocycles. The van der Waals surface area contributed by atoms with Crippen LogP contribution in [0.1, 0.15) is 20.8 Å². The lowest BCUT2D eigenvalue weighted by atomic mass is 10.2. The number of aromatic nitrogens is 1. The molecule has 0 saturated carbocycles. The van der Waals surface area contributed by atoms with E-state index < -0.39 is 5.97 Å². The number of hydrogen-bond acceptors (Lipinski definition) is 2.